The smallest absolute Gasteiger partial charge is 0.0954 e. The number of amidine groups is 1. The summed E-state index contributed by atoms with van der Waals surface area (Å²) < 4.78 is 0. The van der Waals surface area contributed by atoms with Gasteiger partial charge in [0, 0.05) is 19.5 Å². The predicted octanol–water partition coefficient (Wildman–Crippen LogP) is 3.77. The molecule has 0 bridgehead atoms. The van der Waals surface area contributed by atoms with Crippen LogP contribution in [0.25, 0.3) is 0 Å². The molecule has 0 rings (SSSR count). The highest BCUT2D eigenvalue weighted by Gasteiger charge is 2.09. The highest BCUT2D eigenvalue weighted by atomic mass is 15.2. The summed E-state index contributed by atoms with van der Waals surface area (Å²) in [5.74, 6) is 2.27. The van der Waals surface area contributed by atoms with Gasteiger partial charge in [0.25, 0.3) is 0 Å². The number of nitrogens with zero attached hydrogens (tertiary/aromatic N) is 1. The molecular weight excluding hydrogens is 184 g/mol. The molecule has 0 aliphatic carbocycles. The zero-order valence-corrected chi connectivity index (χ0v) is 11.1. The molecule has 2 heteroatoms. The Kier molecular flexibility index (Phi) is 7.45. The average molecular weight is 212 g/mol. The molecule has 0 atom stereocenters. The highest BCUT2D eigenvalue weighted by molar-refractivity contribution is 5.78. The minimum Gasteiger partial charge on any atom is -0.361 e. The van der Waals surface area contributed by atoms with Crippen molar-refractivity contribution >= 4 is 5.84 Å². The van der Waals surface area contributed by atoms with Gasteiger partial charge in [0.1, 0.15) is 0 Å². The van der Waals surface area contributed by atoms with Crippen LogP contribution in [0.1, 0.15) is 53.9 Å². The van der Waals surface area contributed by atoms with E-state index in [4.69, 9.17) is 5.41 Å². The Morgan fingerprint density at radius 2 is 1.40 bits per heavy atom. The van der Waals surface area contributed by atoms with Crippen LogP contribution in [-0.4, -0.2) is 23.8 Å². The Morgan fingerprint density at radius 3 is 1.67 bits per heavy atom. The third-order valence-electron chi connectivity index (χ3n) is 2.67. The third-order valence-corrected chi connectivity index (χ3v) is 2.67. The fourth-order valence-electron chi connectivity index (χ4n) is 1.43. The van der Waals surface area contributed by atoms with Gasteiger partial charge < -0.3 is 4.90 Å². The zero-order valence-electron chi connectivity index (χ0n) is 11.1. The van der Waals surface area contributed by atoms with E-state index in [1.807, 2.05) is 0 Å². The monoisotopic (exact) mass is 212 g/mol. The molecule has 15 heavy (non-hydrogen) atoms. The summed E-state index contributed by atoms with van der Waals surface area (Å²) in [6, 6.07) is 0. The lowest BCUT2D eigenvalue weighted by Crippen LogP contribution is -2.33. The summed E-state index contributed by atoms with van der Waals surface area (Å²) in [6.45, 7) is 13.2. The fraction of sp³-hybridized carbons (Fsp3) is 0.923. The molecule has 0 spiro atoms. The molecule has 0 unspecified atom stereocenters. The van der Waals surface area contributed by atoms with Crippen LogP contribution >= 0.6 is 0 Å². The van der Waals surface area contributed by atoms with Gasteiger partial charge in [0.05, 0.1) is 5.84 Å². The van der Waals surface area contributed by atoms with Gasteiger partial charge in [-0.25, -0.2) is 0 Å². The van der Waals surface area contributed by atoms with Gasteiger partial charge in [-0.1, -0.05) is 34.6 Å². The molecule has 0 aromatic heterocycles. The Balaban J connectivity index is 4.01. The van der Waals surface area contributed by atoms with Crippen molar-refractivity contribution in [2.24, 2.45) is 11.8 Å². The van der Waals surface area contributed by atoms with E-state index in [0.29, 0.717) is 0 Å². The lowest BCUT2D eigenvalue weighted by Gasteiger charge is -2.26. The first-order valence-electron chi connectivity index (χ1n) is 6.29. The standard InChI is InChI=1S/C13H28N2/c1-6-13(14)15(9-7-11(2)3)10-8-12(4)5/h11-12,14H,6-10H2,1-5H3. The largest absolute Gasteiger partial charge is 0.361 e. The first-order valence-corrected chi connectivity index (χ1v) is 6.29. The van der Waals surface area contributed by atoms with Crippen LogP contribution in [-0.2, 0) is 0 Å². The molecule has 0 aromatic rings. The maximum absolute atomic E-state index is 7.91. The molecule has 2 nitrogen and oxygen atoms in total. The highest BCUT2D eigenvalue weighted by Crippen LogP contribution is 2.07. The Bertz CT molecular complexity index is 161. The van der Waals surface area contributed by atoms with Crippen molar-refractivity contribution in [2.45, 2.75) is 53.9 Å². The molecular formula is C13H28N2. The molecule has 90 valence electrons. The molecule has 0 radical (unpaired) electrons. The van der Waals surface area contributed by atoms with Crippen LogP contribution in [0.15, 0.2) is 0 Å². The summed E-state index contributed by atoms with van der Waals surface area (Å²) in [5, 5.41) is 7.91. The van der Waals surface area contributed by atoms with Crippen molar-refractivity contribution in [1.29, 1.82) is 5.41 Å². The fourth-order valence-corrected chi connectivity index (χ4v) is 1.43. The van der Waals surface area contributed by atoms with E-state index >= 15 is 0 Å². The van der Waals surface area contributed by atoms with Crippen LogP contribution in [0.3, 0.4) is 0 Å². The minimum absolute atomic E-state index is 0.733. The summed E-state index contributed by atoms with van der Waals surface area (Å²) in [4.78, 5) is 2.25. The van der Waals surface area contributed by atoms with Gasteiger partial charge in [-0.3, -0.25) is 5.41 Å². The lowest BCUT2D eigenvalue weighted by atomic mass is 10.1. The molecule has 0 saturated heterocycles. The number of hydrogen-bond acceptors (Lipinski definition) is 1. The van der Waals surface area contributed by atoms with Gasteiger partial charge in [-0.15, -0.1) is 0 Å². The SMILES string of the molecule is CCC(=N)N(CCC(C)C)CCC(C)C. The van der Waals surface area contributed by atoms with Crippen molar-refractivity contribution in [1.82, 2.24) is 4.90 Å². The lowest BCUT2D eigenvalue weighted by molar-refractivity contribution is 0.347. The summed E-state index contributed by atoms with van der Waals surface area (Å²) in [7, 11) is 0. The predicted molar refractivity (Wildman–Crippen MR) is 68.5 cm³/mol. The van der Waals surface area contributed by atoms with E-state index in [9.17, 15) is 0 Å². The Hall–Kier alpha value is -0.530. The second kappa shape index (κ2) is 7.72. The summed E-state index contributed by atoms with van der Waals surface area (Å²) in [6.07, 6.45) is 3.25. The quantitative estimate of drug-likeness (QED) is 0.505. The second-order valence-electron chi connectivity index (χ2n) is 5.15. The molecule has 0 saturated carbocycles. The molecule has 1 N–H and O–H groups in total. The number of hydrogen-bond donors (Lipinski definition) is 1. The maximum atomic E-state index is 7.91. The van der Waals surface area contributed by atoms with Gasteiger partial charge >= 0.3 is 0 Å². The molecule has 0 heterocycles. The Morgan fingerprint density at radius 1 is 1.00 bits per heavy atom. The average Bonchev–Trinajstić information content (AvgIpc) is 2.16. The molecule has 0 aliphatic heterocycles. The van der Waals surface area contributed by atoms with Gasteiger partial charge in [0.2, 0.25) is 0 Å². The molecule has 0 aliphatic rings. The zero-order chi connectivity index (χ0) is 11.8. The third kappa shape index (κ3) is 7.40. The van der Waals surface area contributed by atoms with Gasteiger partial charge in [0.15, 0.2) is 0 Å². The van der Waals surface area contributed by atoms with Crippen LogP contribution in [0.4, 0.5) is 0 Å². The van der Waals surface area contributed by atoms with Crippen molar-refractivity contribution in [3.8, 4) is 0 Å². The molecule has 0 amide bonds. The van der Waals surface area contributed by atoms with E-state index in [1.54, 1.807) is 0 Å². The topological polar surface area (TPSA) is 27.1 Å². The first-order chi connectivity index (χ1) is 6.97. The van der Waals surface area contributed by atoms with Crippen LogP contribution in [0.2, 0.25) is 0 Å². The van der Waals surface area contributed by atoms with Crippen LogP contribution in [0, 0.1) is 17.2 Å². The van der Waals surface area contributed by atoms with E-state index in [1.165, 1.54) is 12.8 Å². The van der Waals surface area contributed by atoms with Gasteiger partial charge in [-0.2, -0.15) is 0 Å². The van der Waals surface area contributed by atoms with Gasteiger partial charge in [-0.05, 0) is 24.7 Å². The van der Waals surface area contributed by atoms with E-state index in [0.717, 1.165) is 37.2 Å². The summed E-state index contributed by atoms with van der Waals surface area (Å²) in [5.41, 5.74) is 0. The van der Waals surface area contributed by atoms with Crippen molar-refractivity contribution in [3.63, 3.8) is 0 Å². The number of rotatable bonds is 7. The second-order valence-corrected chi connectivity index (χ2v) is 5.15. The normalized spacial score (nSPS) is 11.1. The molecule has 0 aromatic carbocycles. The van der Waals surface area contributed by atoms with Crippen LogP contribution in [0.5, 0.6) is 0 Å². The molecule has 0 fully saturated rings. The van der Waals surface area contributed by atoms with Crippen LogP contribution < -0.4 is 0 Å². The van der Waals surface area contributed by atoms with Crippen molar-refractivity contribution < 1.29 is 0 Å². The van der Waals surface area contributed by atoms with E-state index in [-0.39, 0.29) is 0 Å². The van der Waals surface area contributed by atoms with Crippen molar-refractivity contribution in [2.75, 3.05) is 13.1 Å². The first kappa shape index (κ1) is 14.5. The maximum Gasteiger partial charge on any atom is 0.0954 e. The Labute approximate surface area is 95.6 Å². The minimum atomic E-state index is 0.733. The van der Waals surface area contributed by atoms with Crippen molar-refractivity contribution in [3.05, 3.63) is 0 Å². The number of nitrogens with one attached hydrogen (secondary N) is 1. The van der Waals surface area contributed by atoms with E-state index in [2.05, 4.69) is 39.5 Å². The summed E-state index contributed by atoms with van der Waals surface area (Å²) >= 11 is 0. The van der Waals surface area contributed by atoms with E-state index < -0.39 is 0 Å².